The van der Waals surface area contributed by atoms with Crippen molar-refractivity contribution in [2.24, 2.45) is 0 Å². The quantitative estimate of drug-likeness (QED) is 0.787. The number of benzene rings is 1. The Morgan fingerprint density at radius 1 is 1.36 bits per heavy atom. The van der Waals surface area contributed by atoms with Crippen molar-refractivity contribution < 1.29 is 23.4 Å². The fraction of sp³-hybridized carbons (Fsp3) is 0.526. The number of carbonyl (C=O) groups is 1. The molecule has 1 aromatic heterocycles. The number of aromatic nitrogens is 2. The van der Waals surface area contributed by atoms with Crippen LogP contribution in [0.25, 0.3) is 0 Å². The Morgan fingerprint density at radius 2 is 2.04 bits per heavy atom. The van der Waals surface area contributed by atoms with E-state index in [0.29, 0.717) is 30.9 Å². The average Bonchev–Trinajstić information content (AvgIpc) is 2.97. The van der Waals surface area contributed by atoms with Gasteiger partial charge in [0.25, 0.3) is 5.89 Å². The molecule has 28 heavy (non-hydrogen) atoms. The number of amides is 1. The Labute approximate surface area is 166 Å². The van der Waals surface area contributed by atoms with E-state index in [1.54, 1.807) is 11.0 Å². The van der Waals surface area contributed by atoms with Crippen LogP contribution >= 0.6 is 11.6 Å². The summed E-state index contributed by atoms with van der Waals surface area (Å²) in [5.41, 5.74) is -1.08. The molecule has 9 heteroatoms. The van der Waals surface area contributed by atoms with Crippen molar-refractivity contribution in [3.8, 4) is 5.75 Å². The number of ether oxygens (including phenoxy) is 1. The lowest BCUT2D eigenvalue weighted by atomic mass is 9.38. The van der Waals surface area contributed by atoms with Crippen molar-refractivity contribution in [1.82, 2.24) is 15.1 Å². The summed E-state index contributed by atoms with van der Waals surface area (Å²) in [5.74, 6) is 0.546. The van der Waals surface area contributed by atoms with Crippen LogP contribution in [-0.2, 0) is 12.0 Å². The minimum absolute atomic E-state index is 0.0124. The summed E-state index contributed by atoms with van der Waals surface area (Å²) in [4.78, 5) is 13.3. The summed E-state index contributed by atoms with van der Waals surface area (Å²) in [6, 6.07) is 4.16. The largest absolute Gasteiger partial charge is 0.484 e. The zero-order valence-corrected chi connectivity index (χ0v) is 16.6. The van der Waals surface area contributed by atoms with Crippen molar-refractivity contribution in [1.29, 1.82) is 0 Å². The standard InChI is InChI=1S/C19H21ClFN3O4/c1-17(2,3)24(16(25)26)19-8-18(9-19,10-19)15-23-22-14(28-15)7-27-11-4-5-12(20)13(21)6-11/h4-6H,7-10H2,1-3H3,(H,25,26). The third-order valence-corrected chi connectivity index (χ3v) is 5.82. The Hall–Kier alpha value is -2.35. The van der Waals surface area contributed by atoms with Crippen molar-refractivity contribution >= 4 is 17.7 Å². The van der Waals surface area contributed by atoms with E-state index >= 15 is 0 Å². The van der Waals surface area contributed by atoms with Gasteiger partial charge in [0.05, 0.1) is 10.4 Å². The molecule has 1 N–H and O–H groups in total. The normalized spacial score (nSPS) is 25.6. The summed E-state index contributed by atoms with van der Waals surface area (Å²) in [5, 5.41) is 17.8. The Kier molecular flexibility index (Phi) is 4.12. The maximum Gasteiger partial charge on any atom is 0.408 e. The summed E-state index contributed by atoms with van der Waals surface area (Å²) < 4.78 is 24.7. The van der Waals surface area contributed by atoms with Crippen LogP contribution in [0, 0.1) is 5.82 Å². The number of hydrogen-bond donors (Lipinski definition) is 1. The number of halogens is 2. The number of nitrogens with zero attached hydrogens (tertiary/aromatic N) is 3. The van der Waals surface area contributed by atoms with Crippen LogP contribution in [0.15, 0.2) is 22.6 Å². The number of rotatable bonds is 5. The van der Waals surface area contributed by atoms with Crippen molar-refractivity contribution in [3.63, 3.8) is 0 Å². The van der Waals surface area contributed by atoms with Gasteiger partial charge < -0.3 is 14.3 Å². The highest BCUT2D eigenvalue weighted by Gasteiger charge is 2.75. The molecule has 3 fully saturated rings. The molecule has 1 amide bonds. The van der Waals surface area contributed by atoms with E-state index in [2.05, 4.69) is 10.2 Å². The van der Waals surface area contributed by atoms with Gasteiger partial charge in [-0.05, 0) is 52.2 Å². The van der Waals surface area contributed by atoms with Crippen LogP contribution in [0.1, 0.15) is 51.8 Å². The van der Waals surface area contributed by atoms with E-state index in [1.807, 2.05) is 20.8 Å². The molecule has 1 heterocycles. The first-order valence-corrected chi connectivity index (χ1v) is 9.37. The van der Waals surface area contributed by atoms with Gasteiger partial charge in [0.2, 0.25) is 5.89 Å². The van der Waals surface area contributed by atoms with Gasteiger partial charge in [-0.15, -0.1) is 10.2 Å². The predicted octanol–water partition coefficient (Wildman–Crippen LogP) is 4.39. The first-order chi connectivity index (χ1) is 13.0. The highest BCUT2D eigenvalue weighted by atomic mass is 35.5. The number of hydrogen-bond acceptors (Lipinski definition) is 5. The zero-order valence-electron chi connectivity index (χ0n) is 15.8. The van der Waals surface area contributed by atoms with Crippen LogP contribution in [0.4, 0.5) is 9.18 Å². The molecule has 5 rings (SSSR count). The molecule has 3 aliphatic rings. The van der Waals surface area contributed by atoms with Gasteiger partial charge in [0, 0.05) is 17.1 Å². The van der Waals surface area contributed by atoms with Crippen molar-refractivity contribution in [2.45, 2.75) is 63.1 Å². The van der Waals surface area contributed by atoms with E-state index in [4.69, 9.17) is 20.8 Å². The van der Waals surface area contributed by atoms with Gasteiger partial charge in [0.15, 0.2) is 6.61 Å². The fourth-order valence-electron chi connectivity index (χ4n) is 4.64. The van der Waals surface area contributed by atoms with E-state index in [0.717, 1.165) is 0 Å². The molecule has 0 unspecified atom stereocenters. The maximum absolute atomic E-state index is 13.5. The molecule has 3 saturated carbocycles. The first kappa shape index (κ1) is 19.0. The Morgan fingerprint density at radius 3 is 2.61 bits per heavy atom. The smallest absolute Gasteiger partial charge is 0.408 e. The predicted molar refractivity (Wildman–Crippen MR) is 97.9 cm³/mol. The minimum Gasteiger partial charge on any atom is -0.484 e. The van der Waals surface area contributed by atoms with E-state index in [9.17, 15) is 14.3 Å². The Balaban J connectivity index is 1.40. The summed E-state index contributed by atoms with van der Waals surface area (Å²) in [6.07, 6.45) is 1.12. The van der Waals surface area contributed by atoms with Gasteiger partial charge in [0.1, 0.15) is 11.6 Å². The van der Waals surface area contributed by atoms with E-state index in [-0.39, 0.29) is 28.5 Å². The molecule has 0 atom stereocenters. The summed E-state index contributed by atoms with van der Waals surface area (Å²) >= 11 is 5.65. The van der Waals surface area contributed by atoms with E-state index in [1.165, 1.54) is 12.1 Å². The van der Waals surface area contributed by atoms with Crippen molar-refractivity contribution in [2.75, 3.05) is 0 Å². The second-order valence-electron chi connectivity index (χ2n) is 8.69. The molecule has 0 aliphatic heterocycles. The van der Waals surface area contributed by atoms with Gasteiger partial charge in [-0.25, -0.2) is 9.18 Å². The van der Waals surface area contributed by atoms with Gasteiger partial charge in [-0.3, -0.25) is 4.90 Å². The molecule has 2 aromatic rings. The Bertz CT molecular complexity index is 920. The van der Waals surface area contributed by atoms with Crippen LogP contribution in [0.2, 0.25) is 5.02 Å². The zero-order chi connectivity index (χ0) is 20.3. The van der Waals surface area contributed by atoms with Crippen LogP contribution < -0.4 is 4.74 Å². The lowest BCUT2D eigenvalue weighted by molar-refractivity contribution is -0.189. The SMILES string of the molecule is CC(C)(C)N(C(=O)O)C12CC(c3nnc(COc4ccc(Cl)c(F)c4)o3)(C1)C2. The molecule has 0 saturated heterocycles. The second-order valence-corrected chi connectivity index (χ2v) is 9.10. The van der Waals surface area contributed by atoms with E-state index < -0.39 is 17.4 Å². The molecule has 0 radical (unpaired) electrons. The maximum atomic E-state index is 13.5. The molecular weight excluding hydrogens is 389 g/mol. The van der Waals surface area contributed by atoms with Crippen LogP contribution in [-0.4, -0.2) is 37.4 Å². The second kappa shape index (κ2) is 6.07. The first-order valence-electron chi connectivity index (χ1n) is 8.99. The topological polar surface area (TPSA) is 88.7 Å². The molecule has 7 nitrogen and oxygen atoms in total. The summed E-state index contributed by atoms with van der Waals surface area (Å²) in [7, 11) is 0. The molecule has 2 bridgehead atoms. The van der Waals surface area contributed by atoms with Gasteiger partial charge >= 0.3 is 6.09 Å². The molecular formula is C19H21ClFN3O4. The number of carboxylic acid groups (broad SMARTS) is 1. The molecule has 3 aliphatic carbocycles. The monoisotopic (exact) mass is 409 g/mol. The molecule has 150 valence electrons. The highest BCUT2D eigenvalue weighted by Crippen LogP contribution is 2.70. The van der Waals surface area contributed by atoms with Gasteiger partial charge in [-0.1, -0.05) is 11.6 Å². The third-order valence-electron chi connectivity index (χ3n) is 5.51. The average molecular weight is 410 g/mol. The van der Waals surface area contributed by atoms with Gasteiger partial charge in [-0.2, -0.15) is 0 Å². The fourth-order valence-corrected chi connectivity index (χ4v) is 4.76. The van der Waals surface area contributed by atoms with Crippen LogP contribution in [0.3, 0.4) is 0 Å². The highest BCUT2D eigenvalue weighted by molar-refractivity contribution is 6.30. The van der Waals surface area contributed by atoms with Crippen molar-refractivity contribution in [3.05, 3.63) is 40.8 Å². The molecule has 0 spiro atoms. The lowest BCUT2D eigenvalue weighted by Gasteiger charge is -2.73. The van der Waals surface area contributed by atoms with Crippen LogP contribution in [0.5, 0.6) is 5.75 Å². The third kappa shape index (κ3) is 2.90. The lowest BCUT2D eigenvalue weighted by Crippen LogP contribution is -2.80. The summed E-state index contributed by atoms with van der Waals surface area (Å²) in [6.45, 7) is 5.71. The molecule has 1 aromatic carbocycles. The minimum atomic E-state index is -0.907.